The van der Waals surface area contributed by atoms with Crippen LogP contribution in [-0.4, -0.2) is 55.2 Å². The summed E-state index contributed by atoms with van der Waals surface area (Å²) in [5.41, 5.74) is 0. The monoisotopic (exact) mass is 382 g/mol. The van der Waals surface area contributed by atoms with Gasteiger partial charge in [0, 0.05) is 33.7 Å². The van der Waals surface area contributed by atoms with Crippen LogP contribution in [0.4, 0.5) is 0 Å². The number of carboxylic acids is 1. The first kappa shape index (κ1) is 25.0. The molecule has 0 rings (SSSR count). The van der Waals surface area contributed by atoms with Gasteiger partial charge in [-0.1, -0.05) is 0 Å². The summed E-state index contributed by atoms with van der Waals surface area (Å²) in [6.07, 6.45) is -0.460. The van der Waals surface area contributed by atoms with E-state index < -0.39 is 37.1 Å². The fourth-order valence-corrected chi connectivity index (χ4v) is 3.40. The number of carboxylic acid groups (broad SMARTS) is 1. The molecule has 0 aromatic heterocycles. The quantitative estimate of drug-likeness (QED) is 0.315. The molecular weight excluding hydrogens is 359 g/mol. The lowest BCUT2D eigenvalue weighted by Gasteiger charge is -2.24. The largest absolute Gasteiger partial charge is 0.550 e. The van der Waals surface area contributed by atoms with E-state index in [0.29, 0.717) is 0 Å². The van der Waals surface area contributed by atoms with Gasteiger partial charge in [-0.25, -0.2) is 0 Å². The molecule has 0 amide bonds. The van der Waals surface area contributed by atoms with Crippen LogP contribution in [0.2, 0.25) is 0 Å². The Labute approximate surface area is 146 Å². The first-order valence-electron chi connectivity index (χ1n) is 6.96. The zero-order valence-corrected chi connectivity index (χ0v) is 15.8. The average molecular weight is 382 g/mol. The van der Waals surface area contributed by atoms with Crippen molar-refractivity contribution in [3.8, 4) is 0 Å². The van der Waals surface area contributed by atoms with E-state index in [-0.39, 0.29) is 25.4 Å². The maximum Gasteiger partial charge on any atom is 0.305 e. The molecule has 0 unspecified atom stereocenters. The Hall–Kier alpha value is -2.22. The molecule has 0 spiro atoms. The van der Waals surface area contributed by atoms with Gasteiger partial charge in [0.05, 0.1) is 0 Å². The molecule has 0 aliphatic carbocycles. The van der Waals surface area contributed by atoms with Gasteiger partial charge in [0.15, 0.2) is 7.26 Å². The van der Waals surface area contributed by atoms with Crippen molar-refractivity contribution in [1.29, 1.82) is 0 Å². The van der Waals surface area contributed by atoms with Crippen LogP contribution < -0.4 is 5.11 Å². The van der Waals surface area contributed by atoms with Crippen LogP contribution >= 0.6 is 7.26 Å². The van der Waals surface area contributed by atoms with E-state index in [1.165, 1.54) is 27.7 Å². The van der Waals surface area contributed by atoms with Gasteiger partial charge < -0.3 is 28.8 Å². The number of carbonyl (C=O) groups is 5. The van der Waals surface area contributed by atoms with E-state index in [0.717, 1.165) is 6.92 Å². The third kappa shape index (κ3) is 18.0. The molecule has 0 saturated carbocycles. The highest BCUT2D eigenvalue weighted by Gasteiger charge is 2.44. The Kier molecular flexibility index (Phi) is 13.1. The molecule has 0 heterocycles. The van der Waals surface area contributed by atoms with Crippen molar-refractivity contribution in [3.63, 3.8) is 0 Å². The maximum atomic E-state index is 11.0. The Bertz CT molecular complexity index is 406. The predicted molar refractivity (Wildman–Crippen MR) is 84.1 cm³/mol. The second kappa shape index (κ2) is 13.1. The predicted octanol–water partition coefficient (Wildman–Crippen LogP) is -0.157. The van der Waals surface area contributed by atoms with Crippen molar-refractivity contribution < 1.29 is 48.0 Å². The van der Waals surface area contributed by atoms with Crippen molar-refractivity contribution in [3.05, 3.63) is 0 Å². The molecule has 0 N–H and O–H groups in total. The highest BCUT2D eigenvalue weighted by molar-refractivity contribution is 7.75. The Balaban J connectivity index is 0. The first-order chi connectivity index (χ1) is 11.4. The molecule has 0 aromatic rings. The van der Waals surface area contributed by atoms with E-state index in [2.05, 4.69) is 0 Å². The number of hydrogen-bond acceptors (Lipinski definition) is 10. The minimum Gasteiger partial charge on any atom is -0.550 e. The standard InChI is InChI=1S/C12H20O8P.C2H4O2/c1-9(13)17-5-21(6-18-10(2)14,7-19-11(3)15)8-20-12(4)16;1-2(3)4/h5-8H2,1-4H3;1H3,(H,3,4)/q+1;/p-1. The first-order valence-corrected chi connectivity index (χ1v) is 9.49. The van der Waals surface area contributed by atoms with Crippen LogP contribution in [-0.2, 0) is 42.9 Å². The SMILES string of the molecule is CC(=O)OC[P+](COC(C)=O)(COC(C)=O)COC(C)=O.CC(=O)[O-]. The molecule has 0 aliphatic heterocycles. The van der Waals surface area contributed by atoms with Gasteiger partial charge in [-0.05, 0) is 6.92 Å². The summed E-state index contributed by atoms with van der Waals surface area (Å²) in [6, 6.07) is 0. The van der Waals surface area contributed by atoms with Crippen molar-refractivity contribution >= 4 is 37.1 Å². The molecule has 10 nitrogen and oxygen atoms in total. The van der Waals surface area contributed by atoms with Crippen LogP contribution in [0.25, 0.3) is 0 Å². The second-order valence-electron chi connectivity index (χ2n) is 4.89. The maximum absolute atomic E-state index is 11.0. The molecule has 0 bridgehead atoms. The lowest BCUT2D eigenvalue weighted by Crippen LogP contribution is -2.22. The second-order valence-corrected chi connectivity index (χ2v) is 8.61. The van der Waals surface area contributed by atoms with Gasteiger partial charge in [-0.15, -0.1) is 0 Å². The van der Waals surface area contributed by atoms with E-state index in [1.807, 2.05) is 0 Å². The molecule has 0 atom stereocenters. The number of esters is 4. The summed E-state index contributed by atoms with van der Waals surface area (Å²) in [6.45, 7) is 5.85. The molecule has 0 aliphatic rings. The van der Waals surface area contributed by atoms with E-state index in [4.69, 9.17) is 28.8 Å². The lowest BCUT2D eigenvalue weighted by atomic mass is 10.8. The molecule has 0 aromatic carbocycles. The normalized spacial score (nSPS) is 9.80. The van der Waals surface area contributed by atoms with E-state index >= 15 is 0 Å². The Morgan fingerprint density at radius 3 is 0.880 bits per heavy atom. The van der Waals surface area contributed by atoms with Crippen LogP contribution in [0.1, 0.15) is 34.6 Å². The average Bonchev–Trinajstić information content (AvgIpc) is 2.44. The summed E-state index contributed by atoms with van der Waals surface area (Å²) < 4.78 is 19.8. The fraction of sp³-hybridized carbons (Fsp3) is 0.643. The lowest BCUT2D eigenvalue weighted by molar-refractivity contribution is -0.302. The Morgan fingerprint density at radius 1 is 0.600 bits per heavy atom. The minimum atomic E-state index is -2.48. The Morgan fingerprint density at radius 2 is 0.760 bits per heavy atom. The van der Waals surface area contributed by atoms with Gasteiger partial charge in [0.2, 0.25) is 25.4 Å². The van der Waals surface area contributed by atoms with Crippen LogP contribution in [0, 0.1) is 0 Å². The summed E-state index contributed by atoms with van der Waals surface area (Å²) in [5, 5.41) is 8.89. The third-order valence-electron chi connectivity index (χ3n) is 2.17. The van der Waals surface area contributed by atoms with Crippen molar-refractivity contribution in [2.24, 2.45) is 0 Å². The van der Waals surface area contributed by atoms with E-state index in [9.17, 15) is 19.2 Å². The van der Waals surface area contributed by atoms with Gasteiger partial charge >= 0.3 is 23.9 Å². The summed E-state index contributed by atoms with van der Waals surface area (Å²) in [4.78, 5) is 52.8. The van der Waals surface area contributed by atoms with Gasteiger partial charge in [0.1, 0.15) is 0 Å². The third-order valence-corrected chi connectivity index (χ3v) is 4.87. The fourth-order valence-electron chi connectivity index (χ4n) is 1.13. The molecule has 25 heavy (non-hydrogen) atoms. The van der Waals surface area contributed by atoms with E-state index in [1.54, 1.807) is 0 Å². The number of hydrogen-bond donors (Lipinski definition) is 0. The minimum absolute atomic E-state index is 0.115. The molecular formula is C14H23O10P. The molecule has 0 radical (unpaired) electrons. The number of rotatable bonds is 8. The van der Waals surface area contributed by atoms with Gasteiger partial charge in [-0.3, -0.25) is 19.2 Å². The zero-order chi connectivity index (χ0) is 20.0. The summed E-state index contributed by atoms with van der Waals surface area (Å²) >= 11 is 0. The zero-order valence-electron chi connectivity index (χ0n) is 14.9. The van der Waals surface area contributed by atoms with Gasteiger partial charge in [-0.2, -0.15) is 0 Å². The molecule has 11 heteroatoms. The number of carbonyl (C=O) groups excluding carboxylic acids is 5. The smallest absolute Gasteiger partial charge is 0.305 e. The topological polar surface area (TPSA) is 145 Å². The van der Waals surface area contributed by atoms with Gasteiger partial charge in [0.25, 0.3) is 0 Å². The van der Waals surface area contributed by atoms with Crippen LogP contribution in [0.15, 0.2) is 0 Å². The molecule has 0 fully saturated rings. The van der Waals surface area contributed by atoms with Crippen LogP contribution in [0.3, 0.4) is 0 Å². The molecule has 0 saturated heterocycles. The summed E-state index contributed by atoms with van der Waals surface area (Å²) in [5.74, 6) is -3.22. The number of aliphatic carboxylic acids is 1. The van der Waals surface area contributed by atoms with Crippen LogP contribution in [0.5, 0.6) is 0 Å². The summed E-state index contributed by atoms with van der Waals surface area (Å²) in [7, 11) is -2.48. The highest BCUT2D eigenvalue weighted by atomic mass is 31.2. The number of ether oxygens (including phenoxy) is 4. The highest BCUT2D eigenvalue weighted by Crippen LogP contribution is 2.58. The van der Waals surface area contributed by atoms with Crippen molar-refractivity contribution in [1.82, 2.24) is 0 Å². The van der Waals surface area contributed by atoms with Crippen molar-refractivity contribution in [2.75, 3.05) is 25.4 Å². The molecule has 144 valence electrons. The van der Waals surface area contributed by atoms with Crippen molar-refractivity contribution in [2.45, 2.75) is 34.6 Å².